The number of hydrogen-bond acceptors (Lipinski definition) is 4. The van der Waals surface area contributed by atoms with Gasteiger partial charge in [0, 0.05) is 18.4 Å². The summed E-state index contributed by atoms with van der Waals surface area (Å²) in [5.41, 5.74) is 1.62. The van der Waals surface area contributed by atoms with E-state index in [0.29, 0.717) is 0 Å². The van der Waals surface area contributed by atoms with Crippen molar-refractivity contribution in [2.24, 2.45) is 7.05 Å². The Hall–Kier alpha value is -1.78. The Labute approximate surface area is 94.0 Å². The normalized spacial score (nSPS) is 9.94. The number of ether oxygens (including phenoxy) is 2. The third-order valence-corrected chi connectivity index (χ3v) is 2.44. The highest BCUT2D eigenvalue weighted by Gasteiger charge is 2.11. The maximum atomic E-state index is 11.1. The molecular formula is C11H15NO4. The van der Waals surface area contributed by atoms with Crippen LogP contribution in [0, 0.1) is 0 Å². The molecule has 0 saturated heterocycles. The van der Waals surface area contributed by atoms with E-state index in [9.17, 15) is 9.59 Å². The Kier molecular flexibility index (Phi) is 4.10. The number of methoxy groups -OCH3 is 2. The SMILES string of the molecule is COC(=O)Cc1ccc(CC(=O)OC)n1C. The molecular weight excluding hydrogens is 210 g/mol. The number of carbonyl (C=O) groups excluding carboxylic acids is 2. The fourth-order valence-electron chi connectivity index (χ4n) is 1.40. The molecule has 0 spiro atoms. The van der Waals surface area contributed by atoms with E-state index in [4.69, 9.17) is 0 Å². The van der Waals surface area contributed by atoms with Gasteiger partial charge in [0.2, 0.25) is 0 Å². The van der Waals surface area contributed by atoms with Crippen LogP contribution >= 0.6 is 0 Å². The van der Waals surface area contributed by atoms with E-state index >= 15 is 0 Å². The maximum absolute atomic E-state index is 11.1. The van der Waals surface area contributed by atoms with E-state index in [1.165, 1.54) is 14.2 Å². The summed E-state index contributed by atoms with van der Waals surface area (Å²) in [7, 11) is 4.50. The largest absolute Gasteiger partial charge is 0.469 e. The molecule has 0 amide bonds. The summed E-state index contributed by atoms with van der Waals surface area (Å²) >= 11 is 0. The summed E-state index contributed by atoms with van der Waals surface area (Å²) in [5.74, 6) is -0.600. The van der Waals surface area contributed by atoms with Gasteiger partial charge in [0.05, 0.1) is 27.1 Å². The van der Waals surface area contributed by atoms with Crippen molar-refractivity contribution in [1.82, 2.24) is 4.57 Å². The van der Waals surface area contributed by atoms with Crippen molar-refractivity contribution in [2.75, 3.05) is 14.2 Å². The Balaban J connectivity index is 2.76. The van der Waals surface area contributed by atoms with E-state index in [2.05, 4.69) is 9.47 Å². The molecule has 0 N–H and O–H groups in total. The van der Waals surface area contributed by atoms with Gasteiger partial charge in [-0.2, -0.15) is 0 Å². The molecule has 0 aliphatic rings. The van der Waals surface area contributed by atoms with Crippen LogP contribution < -0.4 is 0 Å². The molecule has 1 aromatic heterocycles. The molecule has 0 bridgehead atoms. The third-order valence-electron chi connectivity index (χ3n) is 2.44. The molecule has 5 nitrogen and oxygen atoms in total. The topological polar surface area (TPSA) is 57.5 Å². The molecule has 0 unspecified atom stereocenters. The van der Waals surface area contributed by atoms with Gasteiger partial charge in [-0.15, -0.1) is 0 Å². The van der Waals surface area contributed by atoms with Crippen LogP contribution in [0.25, 0.3) is 0 Å². The third kappa shape index (κ3) is 2.85. The smallest absolute Gasteiger partial charge is 0.311 e. The van der Waals surface area contributed by atoms with Gasteiger partial charge in [0.15, 0.2) is 0 Å². The van der Waals surface area contributed by atoms with Crippen LogP contribution in [0.5, 0.6) is 0 Å². The fraction of sp³-hybridized carbons (Fsp3) is 0.455. The van der Waals surface area contributed by atoms with Gasteiger partial charge >= 0.3 is 11.9 Å². The second-order valence-electron chi connectivity index (χ2n) is 3.38. The number of esters is 2. The lowest BCUT2D eigenvalue weighted by Crippen LogP contribution is -2.12. The van der Waals surface area contributed by atoms with Gasteiger partial charge in [-0.25, -0.2) is 0 Å². The minimum absolute atomic E-state index is 0.203. The molecule has 1 aromatic rings. The first-order valence-corrected chi connectivity index (χ1v) is 4.85. The van der Waals surface area contributed by atoms with Crippen LogP contribution in [0.3, 0.4) is 0 Å². The molecule has 16 heavy (non-hydrogen) atoms. The van der Waals surface area contributed by atoms with Gasteiger partial charge in [0.1, 0.15) is 0 Å². The monoisotopic (exact) mass is 225 g/mol. The van der Waals surface area contributed by atoms with Gasteiger partial charge in [-0.1, -0.05) is 0 Å². The first-order chi connectivity index (χ1) is 7.58. The number of aromatic nitrogens is 1. The summed E-state index contributed by atoms with van der Waals surface area (Å²) in [5, 5.41) is 0. The van der Waals surface area contributed by atoms with Crippen LogP contribution in [-0.4, -0.2) is 30.7 Å². The predicted molar refractivity (Wildman–Crippen MR) is 56.9 cm³/mol. The van der Waals surface area contributed by atoms with Crippen molar-refractivity contribution < 1.29 is 19.1 Å². The van der Waals surface area contributed by atoms with Gasteiger partial charge < -0.3 is 14.0 Å². The molecule has 0 radical (unpaired) electrons. The average molecular weight is 225 g/mol. The first kappa shape index (κ1) is 12.3. The van der Waals surface area contributed by atoms with Crippen molar-refractivity contribution in [1.29, 1.82) is 0 Å². The second-order valence-corrected chi connectivity index (χ2v) is 3.38. The molecule has 0 aliphatic carbocycles. The highest BCUT2D eigenvalue weighted by molar-refractivity contribution is 5.73. The molecule has 1 heterocycles. The average Bonchev–Trinajstić information content (AvgIpc) is 2.61. The van der Waals surface area contributed by atoms with Crippen molar-refractivity contribution in [3.63, 3.8) is 0 Å². The molecule has 0 fully saturated rings. The molecule has 88 valence electrons. The van der Waals surface area contributed by atoms with Gasteiger partial charge in [-0.05, 0) is 12.1 Å². The predicted octanol–water partition coefficient (Wildman–Crippen LogP) is 0.456. The highest BCUT2D eigenvalue weighted by Crippen LogP contribution is 2.09. The van der Waals surface area contributed by atoms with Crippen LogP contribution in [0.15, 0.2) is 12.1 Å². The van der Waals surface area contributed by atoms with E-state index in [-0.39, 0.29) is 24.8 Å². The van der Waals surface area contributed by atoms with Crippen molar-refractivity contribution in [2.45, 2.75) is 12.8 Å². The summed E-state index contributed by atoms with van der Waals surface area (Å²) in [6.45, 7) is 0. The number of rotatable bonds is 4. The Morgan fingerprint density at radius 2 is 1.44 bits per heavy atom. The minimum atomic E-state index is -0.300. The Morgan fingerprint density at radius 1 is 1.06 bits per heavy atom. The zero-order chi connectivity index (χ0) is 12.1. The second kappa shape index (κ2) is 5.34. The highest BCUT2D eigenvalue weighted by atomic mass is 16.5. The zero-order valence-electron chi connectivity index (χ0n) is 9.65. The van der Waals surface area contributed by atoms with Crippen LogP contribution in [0.2, 0.25) is 0 Å². The summed E-state index contributed by atoms with van der Waals surface area (Å²) in [6, 6.07) is 3.60. The maximum Gasteiger partial charge on any atom is 0.311 e. The first-order valence-electron chi connectivity index (χ1n) is 4.85. The summed E-state index contributed by atoms with van der Waals surface area (Å²) in [4.78, 5) is 22.2. The van der Waals surface area contributed by atoms with E-state index in [1.807, 2.05) is 0 Å². The van der Waals surface area contributed by atoms with Crippen molar-refractivity contribution in [3.8, 4) is 0 Å². The Morgan fingerprint density at radius 3 is 1.75 bits per heavy atom. The summed E-state index contributed by atoms with van der Waals surface area (Å²) in [6.07, 6.45) is 0.405. The minimum Gasteiger partial charge on any atom is -0.469 e. The number of hydrogen-bond donors (Lipinski definition) is 0. The lowest BCUT2D eigenvalue weighted by Gasteiger charge is -2.06. The van der Waals surface area contributed by atoms with E-state index < -0.39 is 0 Å². The van der Waals surface area contributed by atoms with Crippen LogP contribution in [-0.2, 0) is 39.0 Å². The molecule has 0 aromatic carbocycles. The lowest BCUT2D eigenvalue weighted by molar-refractivity contribution is -0.140. The molecule has 0 atom stereocenters. The van der Waals surface area contributed by atoms with Crippen LogP contribution in [0.4, 0.5) is 0 Å². The zero-order valence-corrected chi connectivity index (χ0v) is 9.65. The van der Waals surface area contributed by atoms with E-state index in [0.717, 1.165) is 11.4 Å². The summed E-state index contributed by atoms with van der Waals surface area (Å²) < 4.78 is 11.0. The van der Waals surface area contributed by atoms with E-state index in [1.54, 1.807) is 23.7 Å². The molecule has 0 aliphatic heterocycles. The lowest BCUT2D eigenvalue weighted by atomic mass is 10.3. The van der Waals surface area contributed by atoms with Crippen LogP contribution in [0.1, 0.15) is 11.4 Å². The Bertz CT molecular complexity index is 359. The van der Waals surface area contributed by atoms with Crippen molar-refractivity contribution >= 4 is 11.9 Å². The number of carbonyl (C=O) groups is 2. The van der Waals surface area contributed by atoms with Crippen molar-refractivity contribution in [3.05, 3.63) is 23.5 Å². The molecule has 0 saturated carbocycles. The molecule has 1 rings (SSSR count). The number of nitrogens with zero attached hydrogens (tertiary/aromatic N) is 1. The quantitative estimate of drug-likeness (QED) is 0.698. The standard InChI is InChI=1S/C11H15NO4/c1-12-8(6-10(13)15-2)4-5-9(12)7-11(14)16-3/h4-5H,6-7H2,1-3H3. The van der Waals surface area contributed by atoms with Gasteiger partial charge in [-0.3, -0.25) is 9.59 Å². The fourth-order valence-corrected chi connectivity index (χ4v) is 1.40. The molecule has 5 heteroatoms. The van der Waals surface area contributed by atoms with Gasteiger partial charge in [0.25, 0.3) is 0 Å².